The van der Waals surface area contributed by atoms with Crippen molar-refractivity contribution in [3.63, 3.8) is 0 Å². The van der Waals surface area contributed by atoms with Crippen LogP contribution in [0.3, 0.4) is 0 Å². The first-order valence-corrected chi connectivity index (χ1v) is 7.61. The molecular formula is C15H18F3N5. The summed E-state index contributed by atoms with van der Waals surface area (Å²) in [6.45, 7) is -1.13. The molecule has 2 aromatic rings. The molecule has 0 spiro atoms. The highest BCUT2D eigenvalue weighted by molar-refractivity contribution is 5.47. The molecule has 0 saturated heterocycles. The Morgan fingerprint density at radius 1 is 1.17 bits per heavy atom. The van der Waals surface area contributed by atoms with Crippen molar-refractivity contribution in [2.45, 2.75) is 50.4 Å². The highest BCUT2D eigenvalue weighted by atomic mass is 19.4. The van der Waals surface area contributed by atoms with E-state index in [1.165, 1.54) is 0 Å². The Morgan fingerprint density at radius 3 is 2.52 bits per heavy atom. The molecule has 2 N–H and O–H groups in total. The average molecular weight is 325 g/mol. The van der Waals surface area contributed by atoms with Crippen LogP contribution < -0.4 is 5.73 Å². The number of halogens is 3. The molecule has 8 heteroatoms. The van der Waals surface area contributed by atoms with Gasteiger partial charge in [0.15, 0.2) is 5.82 Å². The van der Waals surface area contributed by atoms with Gasteiger partial charge in [-0.2, -0.15) is 13.2 Å². The zero-order chi connectivity index (χ0) is 16.4. The van der Waals surface area contributed by atoms with Crippen molar-refractivity contribution < 1.29 is 13.2 Å². The summed E-state index contributed by atoms with van der Waals surface area (Å²) in [6.07, 6.45) is 0.289. The van der Waals surface area contributed by atoms with Crippen LogP contribution in [0, 0.1) is 0 Å². The third-order valence-corrected chi connectivity index (χ3v) is 4.06. The predicted molar refractivity (Wildman–Crippen MR) is 78.5 cm³/mol. The fourth-order valence-corrected chi connectivity index (χ4v) is 2.92. The van der Waals surface area contributed by atoms with E-state index in [0.717, 1.165) is 30.4 Å². The first-order chi connectivity index (χ1) is 10.9. The number of hydrogen-bond donors (Lipinski definition) is 1. The summed E-state index contributed by atoms with van der Waals surface area (Å²) in [4.78, 5) is 8.48. The fourth-order valence-electron chi connectivity index (χ4n) is 2.92. The molecule has 5 nitrogen and oxygen atoms in total. The SMILES string of the molecule is NC1CCC(c2nc(-c3ccccn3)nn2CC(F)(F)F)CC1. The summed E-state index contributed by atoms with van der Waals surface area (Å²) >= 11 is 0. The Kier molecular flexibility index (Phi) is 4.34. The molecule has 1 aliphatic rings. The van der Waals surface area contributed by atoms with Crippen LogP contribution in [0.1, 0.15) is 37.4 Å². The second kappa shape index (κ2) is 6.27. The largest absolute Gasteiger partial charge is 0.408 e. The van der Waals surface area contributed by atoms with Gasteiger partial charge in [-0.05, 0) is 37.8 Å². The minimum Gasteiger partial charge on any atom is -0.328 e. The lowest BCUT2D eigenvalue weighted by molar-refractivity contribution is -0.143. The summed E-state index contributed by atoms with van der Waals surface area (Å²) < 4.78 is 39.5. The van der Waals surface area contributed by atoms with Gasteiger partial charge >= 0.3 is 6.18 Å². The van der Waals surface area contributed by atoms with Crippen LogP contribution in [-0.4, -0.2) is 32.0 Å². The minimum absolute atomic E-state index is 0.0397. The Labute approximate surface area is 131 Å². The molecule has 0 unspecified atom stereocenters. The van der Waals surface area contributed by atoms with Crippen molar-refractivity contribution in [1.82, 2.24) is 19.7 Å². The Hall–Kier alpha value is -1.96. The van der Waals surface area contributed by atoms with Gasteiger partial charge in [0.25, 0.3) is 0 Å². The van der Waals surface area contributed by atoms with E-state index in [1.807, 2.05) is 0 Å². The van der Waals surface area contributed by atoms with E-state index in [-0.39, 0.29) is 17.8 Å². The maximum absolute atomic E-state index is 12.8. The maximum Gasteiger partial charge on any atom is 0.408 e. The summed E-state index contributed by atoms with van der Waals surface area (Å²) in [5.74, 6) is 0.580. The fraction of sp³-hybridized carbons (Fsp3) is 0.533. The highest BCUT2D eigenvalue weighted by Gasteiger charge is 2.33. The number of aromatic nitrogens is 4. The van der Waals surface area contributed by atoms with E-state index in [1.54, 1.807) is 24.4 Å². The van der Waals surface area contributed by atoms with Gasteiger partial charge in [-0.3, -0.25) is 4.98 Å². The van der Waals surface area contributed by atoms with Gasteiger partial charge in [-0.1, -0.05) is 6.07 Å². The van der Waals surface area contributed by atoms with E-state index in [0.29, 0.717) is 11.5 Å². The first-order valence-electron chi connectivity index (χ1n) is 7.61. The number of nitrogens with two attached hydrogens (primary N) is 1. The molecule has 0 aromatic carbocycles. The van der Waals surface area contributed by atoms with E-state index in [9.17, 15) is 13.2 Å². The predicted octanol–water partition coefficient (Wildman–Crippen LogP) is 2.89. The summed E-state index contributed by atoms with van der Waals surface area (Å²) in [5, 5.41) is 4.05. The van der Waals surface area contributed by atoms with E-state index >= 15 is 0 Å². The van der Waals surface area contributed by atoms with Crippen LogP contribution in [-0.2, 0) is 6.54 Å². The number of rotatable bonds is 3. The van der Waals surface area contributed by atoms with Crippen molar-refractivity contribution in [3.05, 3.63) is 30.2 Å². The second-order valence-corrected chi connectivity index (χ2v) is 5.89. The molecule has 1 saturated carbocycles. The van der Waals surface area contributed by atoms with Gasteiger partial charge in [-0.25, -0.2) is 9.67 Å². The topological polar surface area (TPSA) is 69.6 Å². The van der Waals surface area contributed by atoms with E-state index in [4.69, 9.17) is 5.73 Å². The van der Waals surface area contributed by atoms with Crippen LogP contribution in [0.5, 0.6) is 0 Å². The minimum atomic E-state index is -4.34. The normalized spacial score (nSPS) is 22.3. The molecule has 1 aliphatic carbocycles. The Bertz CT molecular complexity index is 645. The molecule has 3 rings (SSSR count). The van der Waals surface area contributed by atoms with Crippen LogP contribution in [0.4, 0.5) is 13.2 Å². The van der Waals surface area contributed by atoms with Crippen molar-refractivity contribution in [3.8, 4) is 11.5 Å². The smallest absolute Gasteiger partial charge is 0.328 e. The molecule has 0 amide bonds. The Balaban J connectivity index is 1.94. The Morgan fingerprint density at radius 2 is 1.91 bits per heavy atom. The molecule has 0 radical (unpaired) electrons. The van der Waals surface area contributed by atoms with Gasteiger partial charge in [-0.15, -0.1) is 5.10 Å². The third kappa shape index (κ3) is 3.87. The van der Waals surface area contributed by atoms with Crippen LogP contribution in [0.2, 0.25) is 0 Å². The van der Waals surface area contributed by atoms with Crippen molar-refractivity contribution in [2.75, 3.05) is 0 Å². The van der Waals surface area contributed by atoms with E-state index in [2.05, 4.69) is 15.1 Å². The first kappa shape index (κ1) is 15.9. The van der Waals surface area contributed by atoms with Gasteiger partial charge < -0.3 is 5.73 Å². The number of pyridine rings is 1. The van der Waals surface area contributed by atoms with Crippen LogP contribution >= 0.6 is 0 Å². The summed E-state index contributed by atoms with van der Waals surface area (Å²) in [6, 6.07) is 5.31. The zero-order valence-electron chi connectivity index (χ0n) is 12.5. The lowest BCUT2D eigenvalue weighted by atomic mass is 9.86. The maximum atomic E-state index is 12.8. The molecule has 1 fully saturated rings. The molecular weight excluding hydrogens is 307 g/mol. The van der Waals surface area contributed by atoms with Crippen molar-refractivity contribution >= 4 is 0 Å². The third-order valence-electron chi connectivity index (χ3n) is 4.06. The van der Waals surface area contributed by atoms with Gasteiger partial charge in [0.1, 0.15) is 18.1 Å². The molecule has 2 heterocycles. The lowest BCUT2D eigenvalue weighted by Gasteiger charge is -2.25. The van der Waals surface area contributed by atoms with Crippen LogP contribution in [0.25, 0.3) is 11.5 Å². The van der Waals surface area contributed by atoms with Crippen molar-refractivity contribution in [2.24, 2.45) is 5.73 Å². The van der Waals surface area contributed by atoms with Crippen molar-refractivity contribution in [1.29, 1.82) is 0 Å². The second-order valence-electron chi connectivity index (χ2n) is 5.89. The molecule has 23 heavy (non-hydrogen) atoms. The number of alkyl halides is 3. The van der Waals surface area contributed by atoms with Gasteiger partial charge in [0.2, 0.25) is 0 Å². The van der Waals surface area contributed by atoms with Crippen LogP contribution in [0.15, 0.2) is 24.4 Å². The highest BCUT2D eigenvalue weighted by Crippen LogP contribution is 2.33. The molecule has 124 valence electrons. The summed E-state index contributed by atoms with van der Waals surface area (Å²) in [7, 11) is 0. The van der Waals surface area contributed by atoms with Gasteiger partial charge in [0, 0.05) is 18.2 Å². The number of hydrogen-bond acceptors (Lipinski definition) is 4. The lowest BCUT2D eigenvalue weighted by Crippen LogP contribution is -2.28. The number of nitrogens with zero attached hydrogens (tertiary/aromatic N) is 4. The zero-order valence-corrected chi connectivity index (χ0v) is 12.5. The molecule has 2 aromatic heterocycles. The van der Waals surface area contributed by atoms with Gasteiger partial charge in [0.05, 0.1) is 0 Å². The monoisotopic (exact) mass is 325 g/mol. The molecule has 0 bridgehead atoms. The quantitative estimate of drug-likeness (QED) is 0.942. The average Bonchev–Trinajstić information content (AvgIpc) is 2.91. The van der Waals surface area contributed by atoms with E-state index < -0.39 is 12.7 Å². The summed E-state index contributed by atoms with van der Waals surface area (Å²) in [5.41, 5.74) is 6.35. The molecule has 0 aliphatic heterocycles. The standard InChI is InChI=1S/C15H18F3N5/c16-15(17,18)9-23-14(10-4-6-11(19)7-5-10)21-13(22-23)12-3-1-2-8-20-12/h1-3,8,10-11H,4-7,9,19H2. The molecule has 0 atom stereocenters.